The number of ether oxygens (including phenoxy) is 1. The summed E-state index contributed by atoms with van der Waals surface area (Å²) in [4.78, 5) is 30.2. The van der Waals surface area contributed by atoms with Crippen LogP contribution in [0.5, 0.6) is 11.6 Å². The lowest BCUT2D eigenvalue weighted by Crippen LogP contribution is -2.29. The van der Waals surface area contributed by atoms with Crippen LogP contribution >= 0.6 is 0 Å². The molecule has 0 aliphatic rings. The van der Waals surface area contributed by atoms with Gasteiger partial charge in [0.05, 0.1) is 0 Å². The summed E-state index contributed by atoms with van der Waals surface area (Å²) in [5.41, 5.74) is 2.53. The Morgan fingerprint density at radius 1 is 1.08 bits per heavy atom. The van der Waals surface area contributed by atoms with Gasteiger partial charge in [-0.25, -0.2) is 8.91 Å². The average molecular weight is 500 g/mol. The molecule has 2 aromatic carbocycles. The van der Waals surface area contributed by atoms with E-state index in [2.05, 4.69) is 15.4 Å². The molecule has 0 saturated heterocycles. The molecular weight excluding hydrogens is 477 g/mol. The van der Waals surface area contributed by atoms with Gasteiger partial charge in [-0.1, -0.05) is 0 Å². The number of nitrogens with one attached hydrogen (secondary N) is 1. The number of carbonyl (C=O) groups is 1. The van der Waals surface area contributed by atoms with Crippen LogP contribution in [0.4, 0.5) is 10.1 Å². The van der Waals surface area contributed by atoms with Crippen molar-refractivity contribution in [2.45, 2.75) is 13.3 Å². The molecule has 3 heterocycles. The number of fused-ring (bicyclic) bond motifs is 1. The fraction of sp³-hybridized carbons (Fsp3) is 0.111. The average Bonchev–Trinajstić information content (AvgIpc) is 3.30. The first-order valence-electron chi connectivity index (χ1n) is 11.4. The number of aryl methyl sites for hydroxylation is 1. The summed E-state index contributed by atoms with van der Waals surface area (Å²) < 4.78 is 22.2. The van der Waals surface area contributed by atoms with Gasteiger partial charge in [-0.15, -0.1) is 0 Å². The van der Waals surface area contributed by atoms with Crippen LogP contribution in [0.15, 0.2) is 84.0 Å². The van der Waals surface area contributed by atoms with Crippen molar-refractivity contribution in [3.05, 3.63) is 112 Å². The summed E-state index contributed by atoms with van der Waals surface area (Å²) in [5.74, 6) is -0.161. The summed E-state index contributed by atoms with van der Waals surface area (Å²) >= 11 is 0. The third-order valence-electron chi connectivity index (χ3n) is 5.76. The zero-order chi connectivity index (χ0) is 25.9. The van der Waals surface area contributed by atoms with Gasteiger partial charge in [0.15, 0.2) is 0 Å². The lowest BCUT2D eigenvalue weighted by molar-refractivity contribution is 0.102. The molecule has 37 heavy (non-hydrogen) atoms. The predicted octanol–water partition coefficient (Wildman–Crippen LogP) is 3.91. The second-order valence-electron chi connectivity index (χ2n) is 8.30. The van der Waals surface area contributed by atoms with E-state index in [0.717, 1.165) is 5.56 Å². The first-order valence-corrected chi connectivity index (χ1v) is 11.4. The van der Waals surface area contributed by atoms with Crippen molar-refractivity contribution in [3.8, 4) is 17.3 Å². The van der Waals surface area contributed by atoms with Crippen molar-refractivity contribution in [3.63, 3.8) is 0 Å². The van der Waals surface area contributed by atoms with Crippen LogP contribution in [-0.2, 0) is 6.42 Å². The summed E-state index contributed by atoms with van der Waals surface area (Å²) in [6.45, 7) is 1.76. The number of aliphatic hydroxyl groups is 1. The Balaban J connectivity index is 1.34. The standard InChI is InChI=1S/C27H22FN5O4/c1-17-2-11-23(27(36)33(17)21-7-3-19(28)4-8-21)25(35)31-20-5-9-22(10-6-20)37-26-24-14-18(12-13-34)15-32(24)30-16-29-26/h2-11,14-16,34H,12-13H2,1H3,(H,31,35). The van der Waals surface area contributed by atoms with Crippen LogP contribution in [-0.4, -0.2) is 36.8 Å². The maximum Gasteiger partial charge on any atom is 0.268 e. The molecule has 2 N–H and O–H groups in total. The van der Waals surface area contributed by atoms with Gasteiger partial charge in [-0.05, 0) is 85.6 Å². The van der Waals surface area contributed by atoms with Gasteiger partial charge in [-0.3, -0.25) is 14.2 Å². The van der Waals surface area contributed by atoms with Crippen LogP contribution in [0.2, 0.25) is 0 Å². The lowest BCUT2D eigenvalue weighted by Gasteiger charge is -2.12. The first-order chi connectivity index (χ1) is 17.9. The lowest BCUT2D eigenvalue weighted by atomic mass is 10.2. The molecule has 9 nitrogen and oxygen atoms in total. The van der Waals surface area contributed by atoms with Crippen LogP contribution in [0.3, 0.4) is 0 Å². The summed E-state index contributed by atoms with van der Waals surface area (Å²) in [6.07, 6.45) is 3.67. The van der Waals surface area contributed by atoms with Crippen molar-refractivity contribution >= 4 is 17.1 Å². The second-order valence-corrected chi connectivity index (χ2v) is 8.30. The minimum atomic E-state index is -0.573. The molecule has 0 aliphatic heterocycles. The molecule has 0 radical (unpaired) electrons. The first kappa shape index (κ1) is 23.9. The van der Waals surface area contributed by atoms with E-state index >= 15 is 0 Å². The minimum absolute atomic E-state index is 0.0242. The highest BCUT2D eigenvalue weighted by Crippen LogP contribution is 2.26. The Hall–Kier alpha value is -4.83. The monoisotopic (exact) mass is 499 g/mol. The molecule has 0 unspecified atom stereocenters. The quantitative estimate of drug-likeness (QED) is 0.351. The molecule has 186 valence electrons. The summed E-state index contributed by atoms with van der Waals surface area (Å²) in [7, 11) is 0. The van der Waals surface area contributed by atoms with E-state index in [-0.39, 0.29) is 12.2 Å². The molecule has 0 atom stereocenters. The van der Waals surface area contributed by atoms with Gasteiger partial charge in [0, 0.05) is 29.9 Å². The number of aliphatic hydroxyl groups excluding tert-OH is 1. The molecule has 0 spiro atoms. The molecular formula is C27H22FN5O4. The number of pyridine rings is 1. The number of aromatic nitrogens is 4. The number of halogens is 1. The smallest absolute Gasteiger partial charge is 0.268 e. The highest BCUT2D eigenvalue weighted by atomic mass is 19.1. The van der Waals surface area contributed by atoms with Gasteiger partial charge in [-0.2, -0.15) is 10.1 Å². The maximum absolute atomic E-state index is 13.3. The molecule has 5 aromatic rings. The van der Waals surface area contributed by atoms with E-state index in [9.17, 15) is 19.1 Å². The topological polar surface area (TPSA) is 111 Å². The van der Waals surface area contributed by atoms with Crippen LogP contribution in [0.1, 0.15) is 21.6 Å². The molecule has 3 aromatic heterocycles. The Bertz CT molecular complexity index is 1640. The number of anilines is 1. The minimum Gasteiger partial charge on any atom is -0.437 e. The Kier molecular flexibility index (Phi) is 6.48. The van der Waals surface area contributed by atoms with Crippen molar-refractivity contribution < 1.29 is 19.0 Å². The molecule has 0 bridgehead atoms. The van der Waals surface area contributed by atoms with Gasteiger partial charge < -0.3 is 15.2 Å². The number of carbonyl (C=O) groups excluding carboxylic acids is 1. The summed E-state index contributed by atoms with van der Waals surface area (Å²) in [6, 6.07) is 17.1. The highest BCUT2D eigenvalue weighted by Gasteiger charge is 2.16. The Morgan fingerprint density at radius 3 is 2.57 bits per heavy atom. The molecule has 0 aliphatic carbocycles. The third kappa shape index (κ3) is 4.95. The zero-order valence-electron chi connectivity index (χ0n) is 19.8. The normalized spacial score (nSPS) is 11.0. The van der Waals surface area contributed by atoms with E-state index in [1.807, 2.05) is 6.07 Å². The summed E-state index contributed by atoms with van der Waals surface area (Å²) in [5, 5.41) is 16.1. The number of amides is 1. The maximum atomic E-state index is 13.3. The SMILES string of the molecule is Cc1ccc(C(=O)Nc2ccc(Oc3ncnn4cc(CCO)cc34)cc2)c(=O)n1-c1ccc(F)cc1. The van der Waals surface area contributed by atoms with Crippen molar-refractivity contribution in [2.75, 3.05) is 11.9 Å². The van der Waals surface area contributed by atoms with E-state index in [1.165, 1.54) is 41.2 Å². The van der Waals surface area contributed by atoms with Crippen molar-refractivity contribution in [2.24, 2.45) is 0 Å². The van der Waals surface area contributed by atoms with Crippen molar-refractivity contribution in [1.82, 2.24) is 19.2 Å². The van der Waals surface area contributed by atoms with Gasteiger partial charge >= 0.3 is 0 Å². The van der Waals surface area contributed by atoms with Crippen molar-refractivity contribution in [1.29, 1.82) is 0 Å². The zero-order valence-corrected chi connectivity index (χ0v) is 19.8. The number of nitrogens with zero attached hydrogens (tertiary/aromatic N) is 4. The van der Waals surface area contributed by atoms with E-state index in [0.29, 0.717) is 40.6 Å². The molecule has 5 rings (SSSR count). The van der Waals surface area contributed by atoms with Gasteiger partial charge in [0.1, 0.15) is 29.0 Å². The highest BCUT2D eigenvalue weighted by molar-refractivity contribution is 6.04. The van der Waals surface area contributed by atoms with Gasteiger partial charge in [0.2, 0.25) is 5.88 Å². The van der Waals surface area contributed by atoms with E-state index in [4.69, 9.17) is 4.74 Å². The largest absolute Gasteiger partial charge is 0.437 e. The van der Waals surface area contributed by atoms with Crippen LogP contribution < -0.4 is 15.6 Å². The second kappa shape index (κ2) is 10.0. The number of rotatable bonds is 7. The van der Waals surface area contributed by atoms with E-state index in [1.54, 1.807) is 48.0 Å². The number of benzene rings is 2. The fourth-order valence-corrected chi connectivity index (χ4v) is 3.94. The molecule has 0 fully saturated rings. The fourth-order valence-electron chi connectivity index (χ4n) is 3.94. The van der Waals surface area contributed by atoms with Gasteiger partial charge in [0.25, 0.3) is 11.5 Å². The van der Waals surface area contributed by atoms with Crippen LogP contribution in [0, 0.1) is 12.7 Å². The molecule has 10 heteroatoms. The Labute approximate surface area is 210 Å². The van der Waals surface area contributed by atoms with E-state index < -0.39 is 17.3 Å². The predicted molar refractivity (Wildman–Crippen MR) is 135 cm³/mol. The Morgan fingerprint density at radius 2 is 1.84 bits per heavy atom. The number of hydrogen-bond acceptors (Lipinski definition) is 6. The number of hydrogen-bond donors (Lipinski definition) is 2. The molecule has 1 amide bonds. The molecule has 0 saturated carbocycles. The van der Waals surface area contributed by atoms with Crippen LogP contribution in [0.25, 0.3) is 11.2 Å². The third-order valence-corrected chi connectivity index (χ3v) is 5.76.